The molecule has 1 heterocycles. The number of aromatic nitrogens is 2. The third-order valence-electron chi connectivity index (χ3n) is 2.63. The quantitative estimate of drug-likeness (QED) is 0.887. The summed E-state index contributed by atoms with van der Waals surface area (Å²) < 4.78 is 25.9. The van der Waals surface area contributed by atoms with Crippen LogP contribution >= 0.6 is 0 Å². The van der Waals surface area contributed by atoms with Crippen molar-refractivity contribution in [2.24, 2.45) is 5.73 Å². The zero-order valence-electron chi connectivity index (χ0n) is 10.3. The minimum Gasteiger partial charge on any atom is -0.352 e. The standard InChI is InChI=1S/C13H11F2N5/c14-10-2-1-9(3-11(10)15)12(17)7-20-13-18-5-8(4-16)6-19-13/h1-3,5-6,12H,7,17H2,(H,18,19,20)/t12-/m0/s1. The van der Waals surface area contributed by atoms with Crippen LogP contribution in [0.25, 0.3) is 0 Å². The predicted molar refractivity (Wildman–Crippen MR) is 68.5 cm³/mol. The zero-order valence-corrected chi connectivity index (χ0v) is 10.3. The first-order chi connectivity index (χ1) is 9.60. The van der Waals surface area contributed by atoms with Gasteiger partial charge in [-0.2, -0.15) is 5.26 Å². The largest absolute Gasteiger partial charge is 0.352 e. The maximum atomic E-state index is 13.1. The summed E-state index contributed by atoms with van der Waals surface area (Å²) in [5.74, 6) is -1.54. The van der Waals surface area contributed by atoms with Gasteiger partial charge in [0.1, 0.15) is 6.07 Å². The SMILES string of the molecule is N#Cc1cnc(NC[C@H](N)c2ccc(F)c(F)c2)nc1. The van der Waals surface area contributed by atoms with Crippen molar-refractivity contribution in [3.63, 3.8) is 0 Å². The lowest BCUT2D eigenvalue weighted by molar-refractivity contribution is 0.505. The van der Waals surface area contributed by atoms with Gasteiger partial charge in [-0.25, -0.2) is 18.7 Å². The second-order valence-electron chi connectivity index (χ2n) is 4.07. The van der Waals surface area contributed by atoms with E-state index in [0.717, 1.165) is 12.1 Å². The van der Waals surface area contributed by atoms with Gasteiger partial charge in [-0.05, 0) is 17.7 Å². The van der Waals surface area contributed by atoms with E-state index in [-0.39, 0.29) is 6.54 Å². The Morgan fingerprint density at radius 1 is 1.25 bits per heavy atom. The Morgan fingerprint density at radius 3 is 2.55 bits per heavy atom. The summed E-state index contributed by atoms with van der Waals surface area (Å²) in [6, 6.07) is 4.87. The van der Waals surface area contributed by atoms with Gasteiger partial charge < -0.3 is 11.1 Å². The van der Waals surface area contributed by atoms with Crippen molar-refractivity contribution in [3.8, 4) is 6.07 Å². The first kappa shape index (κ1) is 13.8. The van der Waals surface area contributed by atoms with Gasteiger partial charge in [0, 0.05) is 12.6 Å². The third-order valence-corrected chi connectivity index (χ3v) is 2.63. The molecule has 1 aromatic heterocycles. The molecule has 1 atom stereocenters. The van der Waals surface area contributed by atoms with E-state index in [1.165, 1.54) is 18.5 Å². The zero-order chi connectivity index (χ0) is 14.5. The molecule has 0 aliphatic rings. The summed E-state index contributed by atoms with van der Waals surface area (Å²) in [6.07, 6.45) is 2.75. The number of anilines is 1. The van der Waals surface area contributed by atoms with Crippen molar-refractivity contribution < 1.29 is 8.78 Å². The number of rotatable bonds is 4. The molecular weight excluding hydrogens is 264 g/mol. The molecule has 0 saturated heterocycles. The Balaban J connectivity index is 1.99. The molecular formula is C13H11F2N5. The molecule has 0 fully saturated rings. The van der Waals surface area contributed by atoms with Crippen LogP contribution in [0.2, 0.25) is 0 Å². The predicted octanol–water partition coefficient (Wildman–Crippen LogP) is 1.74. The minimum absolute atomic E-state index is 0.247. The van der Waals surface area contributed by atoms with Crippen molar-refractivity contribution in [1.82, 2.24) is 9.97 Å². The highest BCUT2D eigenvalue weighted by atomic mass is 19.2. The van der Waals surface area contributed by atoms with Crippen LogP contribution in [0.5, 0.6) is 0 Å². The molecule has 0 aliphatic carbocycles. The lowest BCUT2D eigenvalue weighted by Crippen LogP contribution is -2.21. The molecule has 0 unspecified atom stereocenters. The number of hydrogen-bond acceptors (Lipinski definition) is 5. The summed E-state index contributed by atoms with van der Waals surface area (Å²) >= 11 is 0. The highest BCUT2D eigenvalue weighted by Gasteiger charge is 2.10. The first-order valence-corrected chi connectivity index (χ1v) is 5.76. The summed E-state index contributed by atoms with van der Waals surface area (Å²) in [7, 11) is 0. The number of halogens is 2. The Kier molecular flexibility index (Phi) is 4.17. The molecule has 7 heteroatoms. The molecule has 0 spiro atoms. The molecule has 0 bridgehead atoms. The van der Waals surface area contributed by atoms with E-state index in [1.807, 2.05) is 6.07 Å². The molecule has 2 rings (SSSR count). The lowest BCUT2D eigenvalue weighted by atomic mass is 10.1. The van der Waals surface area contributed by atoms with Gasteiger partial charge in [-0.3, -0.25) is 0 Å². The van der Waals surface area contributed by atoms with Gasteiger partial charge in [0.25, 0.3) is 0 Å². The van der Waals surface area contributed by atoms with Crippen molar-refractivity contribution >= 4 is 5.95 Å². The van der Waals surface area contributed by atoms with Gasteiger partial charge >= 0.3 is 0 Å². The average molecular weight is 275 g/mol. The van der Waals surface area contributed by atoms with E-state index in [9.17, 15) is 8.78 Å². The topological polar surface area (TPSA) is 87.6 Å². The normalized spacial score (nSPS) is 11.7. The number of nitriles is 1. The molecule has 0 aliphatic heterocycles. The van der Waals surface area contributed by atoms with E-state index < -0.39 is 17.7 Å². The van der Waals surface area contributed by atoms with Crippen molar-refractivity contribution in [1.29, 1.82) is 5.26 Å². The second kappa shape index (κ2) is 6.04. The maximum Gasteiger partial charge on any atom is 0.222 e. The lowest BCUT2D eigenvalue weighted by Gasteiger charge is -2.13. The molecule has 20 heavy (non-hydrogen) atoms. The van der Waals surface area contributed by atoms with Crippen molar-refractivity contribution in [2.45, 2.75) is 6.04 Å². The highest BCUT2D eigenvalue weighted by molar-refractivity contribution is 5.31. The molecule has 0 saturated carbocycles. The molecule has 5 nitrogen and oxygen atoms in total. The summed E-state index contributed by atoms with van der Waals surface area (Å²) in [5, 5.41) is 11.5. The molecule has 102 valence electrons. The average Bonchev–Trinajstić information content (AvgIpc) is 2.48. The van der Waals surface area contributed by atoms with Gasteiger partial charge in [-0.15, -0.1) is 0 Å². The van der Waals surface area contributed by atoms with Crippen LogP contribution in [0.15, 0.2) is 30.6 Å². The molecule has 0 amide bonds. The Bertz CT molecular complexity index is 636. The molecule has 2 aromatic rings. The monoisotopic (exact) mass is 275 g/mol. The van der Waals surface area contributed by atoms with Gasteiger partial charge in [0.05, 0.1) is 18.0 Å². The van der Waals surface area contributed by atoms with Crippen LogP contribution in [-0.4, -0.2) is 16.5 Å². The third kappa shape index (κ3) is 3.24. The van der Waals surface area contributed by atoms with Crippen molar-refractivity contribution in [3.05, 3.63) is 53.4 Å². The fraction of sp³-hybridized carbons (Fsp3) is 0.154. The number of nitrogens with two attached hydrogens (primary N) is 1. The molecule has 0 radical (unpaired) electrons. The minimum atomic E-state index is -0.937. The number of hydrogen-bond donors (Lipinski definition) is 2. The molecule has 1 aromatic carbocycles. The van der Waals surface area contributed by atoms with E-state index in [4.69, 9.17) is 11.0 Å². The maximum absolute atomic E-state index is 13.1. The summed E-state index contributed by atoms with van der Waals surface area (Å²) in [6.45, 7) is 0.247. The highest BCUT2D eigenvalue weighted by Crippen LogP contribution is 2.14. The fourth-order valence-electron chi connectivity index (χ4n) is 1.54. The van der Waals surface area contributed by atoms with Crippen LogP contribution < -0.4 is 11.1 Å². The van der Waals surface area contributed by atoms with E-state index in [1.54, 1.807) is 0 Å². The number of benzene rings is 1. The summed E-state index contributed by atoms with van der Waals surface area (Å²) in [4.78, 5) is 7.82. The fourth-order valence-corrected chi connectivity index (χ4v) is 1.54. The van der Waals surface area contributed by atoms with E-state index in [2.05, 4.69) is 15.3 Å². The van der Waals surface area contributed by atoms with Gasteiger partial charge in [-0.1, -0.05) is 6.07 Å². The van der Waals surface area contributed by atoms with E-state index >= 15 is 0 Å². The van der Waals surface area contributed by atoms with Crippen LogP contribution in [-0.2, 0) is 0 Å². The Morgan fingerprint density at radius 2 is 1.95 bits per heavy atom. The van der Waals surface area contributed by atoms with Crippen molar-refractivity contribution in [2.75, 3.05) is 11.9 Å². The van der Waals surface area contributed by atoms with Crippen LogP contribution in [0, 0.1) is 23.0 Å². The number of nitrogens with zero attached hydrogens (tertiary/aromatic N) is 3. The second-order valence-corrected chi connectivity index (χ2v) is 4.07. The van der Waals surface area contributed by atoms with Gasteiger partial charge in [0.2, 0.25) is 5.95 Å². The Hall–Kier alpha value is -2.59. The smallest absolute Gasteiger partial charge is 0.222 e. The Labute approximate surface area is 114 Å². The first-order valence-electron chi connectivity index (χ1n) is 5.76. The van der Waals surface area contributed by atoms with Crippen LogP contribution in [0.4, 0.5) is 14.7 Å². The molecule has 3 N–H and O–H groups in total. The number of nitrogens with one attached hydrogen (secondary N) is 1. The summed E-state index contributed by atoms with van der Waals surface area (Å²) in [5.41, 5.74) is 6.67. The van der Waals surface area contributed by atoms with Gasteiger partial charge in [0.15, 0.2) is 11.6 Å². The van der Waals surface area contributed by atoms with Crippen LogP contribution in [0.1, 0.15) is 17.2 Å². The van der Waals surface area contributed by atoms with Crippen LogP contribution in [0.3, 0.4) is 0 Å². The van der Waals surface area contributed by atoms with E-state index in [0.29, 0.717) is 17.1 Å².